The second kappa shape index (κ2) is 3.85. The zero-order valence-electron chi connectivity index (χ0n) is 8.42. The highest BCUT2D eigenvalue weighted by Crippen LogP contribution is 2.40. The van der Waals surface area contributed by atoms with Crippen molar-refractivity contribution in [3.05, 3.63) is 28.7 Å². The molecule has 1 saturated carbocycles. The molecule has 3 nitrogen and oxygen atoms in total. The van der Waals surface area contributed by atoms with Gasteiger partial charge in [-0.1, -0.05) is 22.0 Å². The Labute approximate surface area is 96.9 Å². The summed E-state index contributed by atoms with van der Waals surface area (Å²) in [6.07, 6.45) is 1.68. The Morgan fingerprint density at radius 3 is 2.80 bits per heavy atom. The maximum Gasteiger partial charge on any atom is 0.331 e. The normalized spacial score (nSPS) is 16.9. The molecular weight excluding hydrogens is 258 g/mol. The first-order valence-corrected chi connectivity index (χ1v) is 5.58. The van der Waals surface area contributed by atoms with Crippen LogP contribution in [0.25, 0.3) is 0 Å². The summed E-state index contributed by atoms with van der Waals surface area (Å²) in [4.78, 5) is 11.5. The van der Waals surface area contributed by atoms with Gasteiger partial charge < -0.3 is 10.1 Å². The number of carbonyl (C=O) groups is 1. The molecule has 0 atom stereocenters. The van der Waals surface area contributed by atoms with E-state index in [0.29, 0.717) is 0 Å². The van der Waals surface area contributed by atoms with E-state index in [1.165, 1.54) is 7.11 Å². The van der Waals surface area contributed by atoms with Crippen molar-refractivity contribution in [2.45, 2.75) is 18.4 Å². The highest BCUT2D eigenvalue weighted by Gasteiger charge is 2.51. The predicted octanol–water partition coefficient (Wildman–Crippen LogP) is 2.57. The molecule has 1 aliphatic rings. The first-order chi connectivity index (χ1) is 7.16. The summed E-state index contributed by atoms with van der Waals surface area (Å²) in [6, 6.07) is 7.76. The number of ether oxygens (including phenoxy) is 1. The summed E-state index contributed by atoms with van der Waals surface area (Å²) < 4.78 is 5.76. The van der Waals surface area contributed by atoms with Crippen LogP contribution in [0.1, 0.15) is 12.8 Å². The van der Waals surface area contributed by atoms with Crippen LogP contribution in [0.3, 0.4) is 0 Å². The molecule has 0 amide bonds. The van der Waals surface area contributed by atoms with Crippen molar-refractivity contribution in [2.24, 2.45) is 0 Å². The number of anilines is 1. The van der Waals surface area contributed by atoms with E-state index in [0.717, 1.165) is 23.0 Å². The monoisotopic (exact) mass is 269 g/mol. The Hall–Kier alpha value is -1.03. The fourth-order valence-corrected chi connectivity index (χ4v) is 1.94. The number of methoxy groups -OCH3 is 1. The minimum Gasteiger partial charge on any atom is -0.467 e. The van der Waals surface area contributed by atoms with Gasteiger partial charge in [0.25, 0.3) is 0 Å². The molecule has 0 aromatic heterocycles. The number of benzene rings is 1. The van der Waals surface area contributed by atoms with Gasteiger partial charge in [0.15, 0.2) is 0 Å². The molecule has 0 radical (unpaired) electrons. The minimum absolute atomic E-state index is 0.178. The van der Waals surface area contributed by atoms with E-state index in [-0.39, 0.29) is 5.97 Å². The average Bonchev–Trinajstić information content (AvgIpc) is 2.98. The third-order valence-electron chi connectivity index (χ3n) is 2.53. The maximum absolute atomic E-state index is 11.5. The third kappa shape index (κ3) is 2.15. The SMILES string of the molecule is COC(=O)C1(Nc2cccc(Br)c2)CC1. The van der Waals surface area contributed by atoms with E-state index in [2.05, 4.69) is 21.2 Å². The lowest BCUT2D eigenvalue weighted by atomic mass is 10.2. The smallest absolute Gasteiger partial charge is 0.331 e. The average molecular weight is 270 g/mol. The number of esters is 1. The second-order valence-electron chi connectivity index (χ2n) is 3.71. The zero-order valence-corrected chi connectivity index (χ0v) is 10.0. The van der Waals surface area contributed by atoms with Crippen molar-refractivity contribution in [3.8, 4) is 0 Å². The molecule has 4 heteroatoms. The molecule has 1 N–H and O–H groups in total. The Morgan fingerprint density at radius 1 is 1.53 bits per heavy atom. The number of carbonyl (C=O) groups excluding carboxylic acids is 1. The molecule has 0 aliphatic heterocycles. The summed E-state index contributed by atoms with van der Waals surface area (Å²) in [5.74, 6) is -0.178. The van der Waals surface area contributed by atoms with E-state index in [9.17, 15) is 4.79 Å². The number of hydrogen-bond acceptors (Lipinski definition) is 3. The molecule has 0 spiro atoms. The Bertz CT molecular complexity index is 388. The van der Waals surface area contributed by atoms with Crippen molar-refractivity contribution >= 4 is 27.6 Å². The summed E-state index contributed by atoms with van der Waals surface area (Å²) >= 11 is 3.39. The van der Waals surface area contributed by atoms with Crippen molar-refractivity contribution in [3.63, 3.8) is 0 Å². The van der Waals surface area contributed by atoms with Crippen molar-refractivity contribution in [1.82, 2.24) is 0 Å². The van der Waals surface area contributed by atoms with Crippen LogP contribution in [0.4, 0.5) is 5.69 Å². The first-order valence-electron chi connectivity index (χ1n) is 4.78. The quantitative estimate of drug-likeness (QED) is 0.858. The van der Waals surface area contributed by atoms with Gasteiger partial charge in [-0.3, -0.25) is 0 Å². The molecule has 1 fully saturated rings. The van der Waals surface area contributed by atoms with Gasteiger partial charge in [-0.25, -0.2) is 4.79 Å². The highest BCUT2D eigenvalue weighted by molar-refractivity contribution is 9.10. The number of rotatable bonds is 3. The summed E-state index contributed by atoms with van der Waals surface area (Å²) in [5, 5.41) is 3.22. The molecular formula is C11H12BrNO2. The topological polar surface area (TPSA) is 38.3 Å². The molecule has 1 aromatic rings. The van der Waals surface area contributed by atoms with Crippen LogP contribution in [0.2, 0.25) is 0 Å². The molecule has 15 heavy (non-hydrogen) atoms. The lowest BCUT2D eigenvalue weighted by Gasteiger charge is -2.16. The standard InChI is InChI=1S/C11H12BrNO2/c1-15-10(14)11(5-6-11)13-9-4-2-3-8(12)7-9/h2-4,7,13H,5-6H2,1H3. The van der Waals surface area contributed by atoms with E-state index < -0.39 is 5.54 Å². The van der Waals surface area contributed by atoms with Crippen LogP contribution in [0.5, 0.6) is 0 Å². The van der Waals surface area contributed by atoms with Gasteiger partial charge in [-0.15, -0.1) is 0 Å². The predicted molar refractivity (Wildman–Crippen MR) is 61.7 cm³/mol. The van der Waals surface area contributed by atoms with Crippen LogP contribution in [-0.2, 0) is 9.53 Å². The van der Waals surface area contributed by atoms with Crippen molar-refractivity contribution in [2.75, 3.05) is 12.4 Å². The Kier molecular flexibility index (Phi) is 2.69. The van der Waals surface area contributed by atoms with Gasteiger partial charge in [0.2, 0.25) is 0 Å². The van der Waals surface area contributed by atoms with Crippen LogP contribution >= 0.6 is 15.9 Å². The van der Waals surface area contributed by atoms with Gasteiger partial charge >= 0.3 is 5.97 Å². The van der Waals surface area contributed by atoms with E-state index in [1.54, 1.807) is 0 Å². The Morgan fingerprint density at radius 2 is 2.27 bits per heavy atom. The molecule has 0 heterocycles. The summed E-state index contributed by atoms with van der Waals surface area (Å²) in [6.45, 7) is 0. The van der Waals surface area contributed by atoms with Gasteiger partial charge in [-0.05, 0) is 31.0 Å². The van der Waals surface area contributed by atoms with Crippen molar-refractivity contribution in [1.29, 1.82) is 0 Å². The minimum atomic E-state index is -0.477. The molecule has 1 aromatic carbocycles. The van der Waals surface area contributed by atoms with Crippen LogP contribution in [0, 0.1) is 0 Å². The summed E-state index contributed by atoms with van der Waals surface area (Å²) in [7, 11) is 1.42. The molecule has 0 unspecified atom stereocenters. The fraction of sp³-hybridized carbons (Fsp3) is 0.364. The van der Waals surface area contributed by atoms with Crippen LogP contribution < -0.4 is 5.32 Å². The lowest BCUT2D eigenvalue weighted by molar-refractivity contribution is -0.142. The number of hydrogen-bond donors (Lipinski definition) is 1. The zero-order chi connectivity index (χ0) is 10.9. The van der Waals surface area contributed by atoms with Crippen molar-refractivity contribution < 1.29 is 9.53 Å². The van der Waals surface area contributed by atoms with Gasteiger partial charge in [0.05, 0.1) is 7.11 Å². The third-order valence-corrected chi connectivity index (χ3v) is 3.03. The van der Waals surface area contributed by atoms with Gasteiger partial charge in [-0.2, -0.15) is 0 Å². The van der Waals surface area contributed by atoms with E-state index >= 15 is 0 Å². The molecule has 0 saturated heterocycles. The highest BCUT2D eigenvalue weighted by atomic mass is 79.9. The largest absolute Gasteiger partial charge is 0.467 e. The lowest BCUT2D eigenvalue weighted by Crippen LogP contribution is -2.32. The van der Waals surface area contributed by atoms with Gasteiger partial charge in [0.1, 0.15) is 5.54 Å². The number of halogens is 1. The fourth-order valence-electron chi connectivity index (χ4n) is 1.54. The van der Waals surface area contributed by atoms with Crippen LogP contribution in [0.15, 0.2) is 28.7 Å². The molecule has 80 valence electrons. The Balaban J connectivity index is 2.12. The molecule has 2 rings (SSSR count). The number of nitrogens with one attached hydrogen (secondary N) is 1. The maximum atomic E-state index is 11.5. The van der Waals surface area contributed by atoms with Gasteiger partial charge in [0, 0.05) is 10.2 Å². The molecule has 1 aliphatic carbocycles. The second-order valence-corrected chi connectivity index (χ2v) is 4.62. The van der Waals surface area contributed by atoms with E-state index in [1.807, 2.05) is 24.3 Å². The first kappa shape index (κ1) is 10.5. The summed E-state index contributed by atoms with van der Waals surface area (Å²) in [5.41, 5.74) is 0.461. The van der Waals surface area contributed by atoms with Crippen LogP contribution in [-0.4, -0.2) is 18.6 Å². The van der Waals surface area contributed by atoms with E-state index in [4.69, 9.17) is 4.74 Å². The molecule has 0 bridgehead atoms.